The lowest BCUT2D eigenvalue weighted by atomic mass is 10.5. The summed E-state index contributed by atoms with van der Waals surface area (Å²) in [6, 6.07) is 1.19. The van der Waals surface area contributed by atoms with Crippen LogP contribution in [0.5, 0.6) is 0 Å². The third-order valence-corrected chi connectivity index (χ3v) is 3.75. The van der Waals surface area contributed by atoms with Crippen LogP contribution in [0.4, 0.5) is 8.78 Å². The Hall–Kier alpha value is 0.470. The molecule has 0 amide bonds. The number of nitrogens with zero attached hydrogens (tertiary/aromatic N) is 1. The van der Waals surface area contributed by atoms with Crippen LogP contribution in [0.1, 0.15) is 0 Å². The largest absolute Gasteiger partial charge is 0.230 e. The maximum absolute atomic E-state index is 12.5. The summed E-state index contributed by atoms with van der Waals surface area (Å²) in [6.07, 6.45) is 0. The molecule has 0 aliphatic carbocycles. The fraction of sp³-hybridized carbons (Fsp3) is 0. The minimum absolute atomic E-state index is 0.361. The smallest absolute Gasteiger partial charge is 0.190 e. The summed E-state index contributed by atoms with van der Waals surface area (Å²) in [5.74, 6) is -1.52. The van der Waals surface area contributed by atoms with Gasteiger partial charge in [-0.25, -0.2) is 0 Å². The standard InChI is InChI=1S/C5HF2I2N/c6-3-1-2(8)4(9)5(7)10-3/h1H. The molecule has 0 aromatic carbocycles. The van der Waals surface area contributed by atoms with Gasteiger partial charge in [-0.15, -0.1) is 0 Å². The van der Waals surface area contributed by atoms with Gasteiger partial charge in [-0.1, -0.05) is 0 Å². The van der Waals surface area contributed by atoms with E-state index in [2.05, 4.69) is 4.98 Å². The van der Waals surface area contributed by atoms with Gasteiger partial charge in [-0.3, -0.25) is 0 Å². The van der Waals surface area contributed by atoms with Crippen LogP contribution < -0.4 is 0 Å². The first-order valence-corrected chi connectivity index (χ1v) is 4.44. The molecule has 1 aromatic heterocycles. The predicted molar refractivity (Wildman–Crippen MR) is 49.6 cm³/mol. The molecule has 0 atom stereocenters. The first kappa shape index (κ1) is 8.57. The highest BCUT2D eigenvalue weighted by molar-refractivity contribution is 14.1. The van der Waals surface area contributed by atoms with Gasteiger partial charge >= 0.3 is 0 Å². The number of halogens is 4. The normalized spacial score (nSPS) is 10.0. The van der Waals surface area contributed by atoms with Crippen molar-refractivity contribution >= 4 is 45.2 Å². The van der Waals surface area contributed by atoms with E-state index in [0.29, 0.717) is 7.14 Å². The molecule has 0 radical (unpaired) electrons. The maximum Gasteiger partial charge on any atom is 0.230 e. The van der Waals surface area contributed by atoms with Gasteiger partial charge in [0.15, 0.2) is 0 Å². The van der Waals surface area contributed by atoms with Gasteiger partial charge in [0.1, 0.15) is 0 Å². The van der Waals surface area contributed by atoms with Gasteiger partial charge in [0.2, 0.25) is 11.9 Å². The van der Waals surface area contributed by atoms with E-state index >= 15 is 0 Å². The van der Waals surface area contributed by atoms with Crippen molar-refractivity contribution in [2.45, 2.75) is 0 Å². The molecule has 5 heteroatoms. The lowest BCUT2D eigenvalue weighted by Crippen LogP contribution is -1.94. The first-order chi connectivity index (χ1) is 4.61. The Morgan fingerprint density at radius 1 is 1.30 bits per heavy atom. The molecule has 0 saturated heterocycles. The van der Waals surface area contributed by atoms with Crippen LogP contribution in [-0.4, -0.2) is 4.98 Å². The molecule has 1 nitrogen and oxygen atoms in total. The van der Waals surface area contributed by atoms with E-state index in [-0.39, 0.29) is 0 Å². The van der Waals surface area contributed by atoms with E-state index in [4.69, 9.17) is 0 Å². The van der Waals surface area contributed by atoms with Crippen LogP contribution in [0.2, 0.25) is 0 Å². The minimum atomic E-state index is -0.776. The van der Waals surface area contributed by atoms with Crippen LogP contribution in [0, 0.1) is 19.0 Å². The van der Waals surface area contributed by atoms with Gasteiger partial charge < -0.3 is 0 Å². The molecular formula is C5HF2I2N. The summed E-state index contributed by atoms with van der Waals surface area (Å²) in [5.41, 5.74) is 0. The van der Waals surface area contributed by atoms with E-state index in [1.165, 1.54) is 6.07 Å². The van der Waals surface area contributed by atoms with Crippen LogP contribution >= 0.6 is 45.2 Å². The van der Waals surface area contributed by atoms with E-state index in [0.717, 1.165) is 0 Å². The van der Waals surface area contributed by atoms with Crippen molar-refractivity contribution in [3.05, 3.63) is 25.1 Å². The molecule has 0 aliphatic heterocycles. The number of hydrogen-bond donors (Lipinski definition) is 0. The topological polar surface area (TPSA) is 12.9 Å². The van der Waals surface area contributed by atoms with E-state index in [1.54, 1.807) is 22.6 Å². The Balaban J connectivity index is 3.31. The number of aromatic nitrogens is 1. The Morgan fingerprint density at radius 2 is 1.90 bits per heavy atom. The SMILES string of the molecule is Fc1cc(I)c(I)c(F)n1. The van der Waals surface area contributed by atoms with Gasteiger partial charge in [0.05, 0.1) is 3.57 Å². The second kappa shape index (κ2) is 3.24. The molecule has 1 aromatic rings. The second-order valence-corrected chi connectivity index (χ2v) is 3.77. The van der Waals surface area contributed by atoms with Crippen molar-refractivity contribution in [1.82, 2.24) is 4.98 Å². The maximum atomic E-state index is 12.5. The Kier molecular flexibility index (Phi) is 2.78. The molecule has 0 aliphatic rings. The average Bonchev–Trinajstić information content (AvgIpc) is 1.82. The van der Waals surface area contributed by atoms with E-state index < -0.39 is 11.9 Å². The van der Waals surface area contributed by atoms with Crippen molar-refractivity contribution in [3.63, 3.8) is 0 Å². The summed E-state index contributed by atoms with van der Waals surface area (Å²) < 4.78 is 25.6. The average molecular weight is 367 g/mol. The zero-order valence-corrected chi connectivity index (χ0v) is 8.85. The molecule has 0 saturated carbocycles. The fourth-order valence-corrected chi connectivity index (χ4v) is 1.20. The summed E-state index contributed by atoms with van der Waals surface area (Å²) in [7, 11) is 0. The zero-order valence-electron chi connectivity index (χ0n) is 4.54. The van der Waals surface area contributed by atoms with Gasteiger partial charge in [0.25, 0.3) is 0 Å². The van der Waals surface area contributed by atoms with Crippen molar-refractivity contribution in [3.8, 4) is 0 Å². The second-order valence-electron chi connectivity index (χ2n) is 1.53. The molecule has 0 unspecified atom stereocenters. The van der Waals surface area contributed by atoms with E-state index in [9.17, 15) is 8.78 Å². The Bertz CT molecular complexity index is 241. The zero-order chi connectivity index (χ0) is 7.72. The highest BCUT2D eigenvalue weighted by Gasteiger charge is 2.06. The first-order valence-electron chi connectivity index (χ1n) is 2.28. The quantitative estimate of drug-likeness (QED) is 0.508. The van der Waals surface area contributed by atoms with Crippen LogP contribution in [0.15, 0.2) is 6.07 Å². The number of hydrogen-bond acceptors (Lipinski definition) is 1. The molecule has 54 valence electrons. The molecule has 0 N–H and O–H groups in total. The van der Waals surface area contributed by atoms with Crippen molar-refractivity contribution in [2.24, 2.45) is 0 Å². The predicted octanol–water partition coefficient (Wildman–Crippen LogP) is 2.57. The Labute approximate surface area is 83.5 Å². The molecule has 0 spiro atoms. The summed E-state index contributed by atoms with van der Waals surface area (Å²) in [6.45, 7) is 0. The van der Waals surface area contributed by atoms with Crippen molar-refractivity contribution < 1.29 is 8.78 Å². The van der Waals surface area contributed by atoms with E-state index in [1.807, 2.05) is 22.6 Å². The van der Waals surface area contributed by atoms with Crippen molar-refractivity contribution in [2.75, 3.05) is 0 Å². The lowest BCUT2D eigenvalue weighted by Gasteiger charge is -1.95. The minimum Gasteiger partial charge on any atom is -0.190 e. The highest BCUT2D eigenvalue weighted by Crippen LogP contribution is 2.16. The van der Waals surface area contributed by atoms with Crippen LogP contribution in [0.25, 0.3) is 0 Å². The van der Waals surface area contributed by atoms with Crippen LogP contribution in [-0.2, 0) is 0 Å². The van der Waals surface area contributed by atoms with Gasteiger partial charge in [-0.2, -0.15) is 13.8 Å². The van der Waals surface area contributed by atoms with Crippen LogP contribution in [0.3, 0.4) is 0 Å². The third-order valence-electron chi connectivity index (χ3n) is 0.842. The number of pyridine rings is 1. The Morgan fingerprint density at radius 3 is 2.40 bits per heavy atom. The van der Waals surface area contributed by atoms with Crippen molar-refractivity contribution in [1.29, 1.82) is 0 Å². The number of rotatable bonds is 0. The highest BCUT2D eigenvalue weighted by atomic mass is 127. The van der Waals surface area contributed by atoms with Gasteiger partial charge in [0, 0.05) is 9.64 Å². The molecule has 10 heavy (non-hydrogen) atoms. The molecular weight excluding hydrogens is 366 g/mol. The summed E-state index contributed by atoms with van der Waals surface area (Å²) in [5, 5.41) is 0. The molecule has 1 rings (SSSR count). The third kappa shape index (κ3) is 1.74. The lowest BCUT2D eigenvalue weighted by molar-refractivity contribution is 0.506. The molecule has 0 fully saturated rings. The summed E-state index contributed by atoms with van der Waals surface area (Å²) in [4.78, 5) is 2.99. The fourth-order valence-electron chi connectivity index (χ4n) is 0.442. The molecule has 0 bridgehead atoms. The molecule has 1 heterocycles. The van der Waals surface area contributed by atoms with Gasteiger partial charge in [-0.05, 0) is 45.2 Å². The summed E-state index contributed by atoms with van der Waals surface area (Å²) >= 11 is 3.62. The monoisotopic (exact) mass is 367 g/mol.